The lowest BCUT2D eigenvalue weighted by Gasteiger charge is -2.27. The summed E-state index contributed by atoms with van der Waals surface area (Å²) in [5.74, 6) is -0.185. The van der Waals surface area contributed by atoms with Crippen LogP contribution in [0.1, 0.15) is 28.3 Å². The normalized spacial score (nSPS) is 17.2. The lowest BCUT2D eigenvalue weighted by atomic mass is 9.89. The predicted octanol–water partition coefficient (Wildman–Crippen LogP) is 2.20. The fraction of sp³-hybridized carbons (Fsp3) is 0.188. The van der Waals surface area contributed by atoms with Crippen molar-refractivity contribution in [3.63, 3.8) is 0 Å². The Hall–Kier alpha value is -2.51. The van der Waals surface area contributed by atoms with Crippen LogP contribution in [0.2, 0.25) is 0 Å². The highest BCUT2D eigenvalue weighted by Crippen LogP contribution is 2.36. The first-order valence-electron chi connectivity index (χ1n) is 6.47. The second-order valence-electron chi connectivity index (χ2n) is 4.91. The SMILES string of the molecule is N#Cc1ccc([C@@H]2NCCc3cc(O)c(O)cc32)cc1. The van der Waals surface area contributed by atoms with Crippen LogP contribution in [-0.4, -0.2) is 16.8 Å². The van der Waals surface area contributed by atoms with Crippen molar-refractivity contribution in [1.82, 2.24) is 5.32 Å². The van der Waals surface area contributed by atoms with Crippen molar-refractivity contribution < 1.29 is 10.2 Å². The standard InChI is InChI=1S/C16H14N2O2/c17-9-10-1-3-11(4-2-10)16-13-8-15(20)14(19)7-12(13)5-6-18-16/h1-4,7-8,16,18-20H,5-6H2/t16-/m0/s1. The van der Waals surface area contributed by atoms with Crippen LogP contribution in [0, 0.1) is 11.3 Å². The monoisotopic (exact) mass is 266 g/mol. The van der Waals surface area contributed by atoms with Gasteiger partial charge >= 0.3 is 0 Å². The molecule has 0 radical (unpaired) electrons. The molecule has 0 bridgehead atoms. The highest BCUT2D eigenvalue weighted by molar-refractivity contribution is 5.50. The minimum Gasteiger partial charge on any atom is -0.504 e. The van der Waals surface area contributed by atoms with Crippen LogP contribution >= 0.6 is 0 Å². The van der Waals surface area contributed by atoms with Gasteiger partial charge in [0.15, 0.2) is 11.5 Å². The Bertz CT molecular complexity index is 687. The molecule has 0 amide bonds. The van der Waals surface area contributed by atoms with Gasteiger partial charge in [0, 0.05) is 6.54 Å². The molecule has 0 aliphatic carbocycles. The molecule has 1 aliphatic heterocycles. The second-order valence-corrected chi connectivity index (χ2v) is 4.91. The largest absolute Gasteiger partial charge is 0.504 e. The molecular formula is C16H14N2O2. The molecule has 0 saturated carbocycles. The Morgan fingerprint density at radius 2 is 1.80 bits per heavy atom. The first kappa shape index (κ1) is 12.5. The number of phenolic OH excluding ortho intramolecular Hbond substituents is 2. The minimum absolute atomic E-state index is 0.0296. The van der Waals surface area contributed by atoms with E-state index in [-0.39, 0.29) is 17.5 Å². The quantitative estimate of drug-likeness (QED) is 0.692. The van der Waals surface area contributed by atoms with Crippen molar-refractivity contribution in [1.29, 1.82) is 5.26 Å². The molecular weight excluding hydrogens is 252 g/mol. The van der Waals surface area contributed by atoms with Gasteiger partial charge in [-0.25, -0.2) is 0 Å². The van der Waals surface area contributed by atoms with E-state index < -0.39 is 0 Å². The Balaban J connectivity index is 2.04. The van der Waals surface area contributed by atoms with Crippen LogP contribution in [0.5, 0.6) is 11.5 Å². The van der Waals surface area contributed by atoms with Gasteiger partial charge in [0.05, 0.1) is 17.7 Å². The van der Waals surface area contributed by atoms with E-state index in [2.05, 4.69) is 11.4 Å². The highest BCUT2D eigenvalue weighted by atomic mass is 16.3. The summed E-state index contributed by atoms with van der Waals surface area (Å²) in [7, 11) is 0. The molecule has 0 fully saturated rings. The van der Waals surface area contributed by atoms with Crippen molar-refractivity contribution in [2.75, 3.05) is 6.54 Å². The van der Waals surface area contributed by atoms with Gasteiger partial charge < -0.3 is 15.5 Å². The maximum Gasteiger partial charge on any atom is 0.157 e. The van der Waals surface area contributed by atoms with Gasteiger partial charge in [-0.3, -0.25) is 0 Å². The number of nitriles is 1. The van der Waals surface area contributed by atoms with E-state index in [1.165, 1.54) is 0 Å². The summed E-state index contributed by atoms with van der Waals surface area (Å²) in [5, 5.41) is 31.5. The topological polar surface area (TPSA) is 76.3 Å². The zero-order valence-electron chi connectivity index (χ0n) is 10.8. The summed E-state index contributed by atoms with van der Waals surface area (Å²) in [6, 6.07) is 12.7. The van der Waals surface area contributed by atoms with E-state index in [0.29, 0.717) is 5.56 Å². The van der Waals surface area contributed by atoms with Crippen molar-refractivity contribution in [3.05, 3.63) is 58.7 Å². The molecule has 3 rings (SSSR count). The van der Waals surface area contributed by atoms with Gasteiger partial charge in [-0.1, -0.05) is 12.1 Å². The maximum atomic E-state index is 9.70. The third-order valence-electron chi connectivity index (χ3n) is 3.66. The van der Waals surface area contributed by atoms with Crippen LogP contribution in [0.15, 0.2) is 36.4 Å². The number of rotatable bonds is 1. The lowest BCUT2D eigenvalue weighted by Crippen LogP contribution is -2.30. The van der Waals surface area contributed by atoms with Gasteiger partial charge in [-0.2, -0.15) is 5.26 Å². The zero-order valence-corrected chi connectivity index (χ0v) is 10.8. The first-order chi connectivity index (χ1) is 9.69. The Morgan fingerprint density at radius 1 is 1.10 bits per heavy atom. The third-order valence-corrected chi connectivity index (χ3v) is 3.66. The van der Waals surface area contributed by atoms with E-state index >= 15 is 0 Å². The average molecular weight is 266 g/mol. The number of phenols is 2. The summed E-state index contributed by atoms with van der Waals surface area (Å²) in [4.78, 5) is 0. The molecule has 2 aromatic rings. The lowest BCUT2D eigenvalue weighted by molar-refractivity contribution is 0.400. The number of hydrogen-bond donors (Lipinski definition) is 3. The Morgan fingerprint density at radius 3 is 2.50 bits per heavy atom. The summed E-state index contributed by atoms with van der Waals surface area (Å²) < 4.78 is 0. The van der Waals surface area contributed by atoms with Crippen LogP contribution < -0.4 is 5.32 Å². The summed E-state index contributed by atoms with van der Waals surface area (Å²) in [6.45, 7) is 0.807. The van der Waals surface area contributed by atoms with Gasteiger partial charge in [0.25, 0.3) is 0 Å². The average Bonchev–Trinajstić information content (AvgIpc) is 2.48. The molecule has 1 heterocycles. The predicted molar refractivity (Wildman–Crippen MR) is 74.5 cm³/mol. The Labute approximate surface area is 116 Å². The molecule has 3 N–H and O–H groups in total. The fourth-order valence-corrected chi connectivity index (χ4v) is 2.63. The number of aromatic hydroxyl groups is 2. The molecule has 100 valence electrons. The van der Waals surface area contributed by atoms with Gasteiger partial charge in [0.2, 0.25) is 0 Å². The van der Waals surface area contributed by atoms with Gasteiger partial charge in [-0.15, -0.1) is 0 Å². The van der Waals surface area contributed by atoms with Crippen LogP contribution in [0.3, 0.4) is 0 Å². The number of benzene rings is 2. The van der Waals surface area contributed by atoms with Gasteiger partial charge in [-0.05, 0) is 47.4 Å². The smallest absolute Gasteiger partial charge is 0.157 e. The van der Waals surface area contributed by atoms with Crippen LogP contribution in [-0.2, 0) is 6.42 Å². The summed E-state index contributed by atoms with van der Waals surface area (Å²) in [5.41, 5.74) is 3.66. The highest BCUT2D eigenvalue weighted by Gasteiger charge is 2.23. The van der Waals surface area contributed by atoms with Crippen LogP contribution in [0.25, 0.3) is 0 Å². The summed E-state index contributed by atoms with van der Waals surface area (Å²) in [6.07, 6.45) is 0.815. The van der Waals surface area contributed by atoms with Crippen molar-refractivity contribution in [2.24, 2.45) is 0 Å². The van der Waals surface area contributed by atoms with E-state index in [9.17, 15) is 10.2 Å². The minimum atomic E-state index is -0.105. The molecule has 0 saturated heterocycles. The van der Waals surface area contributed by atoms with Crippen molar-refractivity contribution >= 4 is 0 Å². The molecule has 0 spiro atoms. The number of hydrogen-bond acceptors (Lipinski definition) is 4. The Kier molecular flexibility index (Phi) is 3.05. The van der Waals surface area contributed by atoms with Crippen molar-refractivity contribution in [3.8, 4) is 17.6 Å². The van der Waals surface area contributed by atoms with E-state index in [0.717, 1.165) is 29.7 Å². The van der Waals surface area contributed by atoms with E-state index in [1.54, 1.807) is 24.3 Å². The molecule has 4 nitrogen and oxygen atoms in total. The maximum absolute atomic E-state index is 9.70. The molecule has 1 atom stereocenters. The molecule has 0 unspecified atom stereocenters. The molecule has 4 heteroatoms. The van der Waals surface area contributed by atoms with Crippen LogP contribution in [0.4, 0.5) is 0 Å². The second kappa shape index (κ2) is 4.87. The van der Waals surface area contributed by atoms with E-state index in [1.807, 2.05) is 12.1 Å². The first-order valence-corrected chi connectivity index (χ1v) is 6.47. The third kappa shape index (κ3) is 2.09. The number of nitrogens with zero attached hydrogens (tertiary/aromatic N) is 1. The molecule has 1 aliphatic rings. The molecule has 20 heavy (non-hydrogen) atoms. The molecule has 2 aromatic carbocycles. The number of fused-ring (bicyclic) bond motifs is 1. The zero-order chi connectivity index (χ0) is 14.1. The van der Waals surface area contributed by atoms with E-state index in [4.69, 9.17) is 5.26 Å². The summed E-state index contributed by atoms with van der Waals surface area (Å²) >= 11 is 0. The molecule has 0 aromatic heterocycles. The van der Waals surface area contributed by atoms with Crippen molar-refractivity contribution in [2.45, 2.75) is 12.5 Å². The van der Waals surface area contributed by atoms with Gasteiger partial charge in [0.1, 0.15) is 0 Å². The number of nitrogens with one attached hydrogen (secondary N) is 1. The fourth-order valence-electron chi connectivity index (χ4n) is 2.63.